The van der Waals surface area contributed by atoms with Crippen molar-refractivity contribution in [1.29, 1.82) is 0 Å². The van der Waals surface area contributed by atoms with E-state index in [-0.39, 0.29) is 22.9 Å². The van der Waals surface area contributed by atoms with Crippen LogP contribution in [0.15, 0.2) is 0 Å². The van der Waals surface area contributed by atoms with Gasteiger partial charge in [0.05, 0.1) is 6.10 Å². The Kier molecular flexibility index (Phi) is 4.80. The van der Waals surface area contributed by atoms with Crippen molar-refractivity contribution in [2.24, 2.45) is 40.4 Å². The van der Waals surface area contributed by atoms with Crippen LogP contribution in [0.3, 0.4) is 0 Å². The van der Waals surface area contributed by atoms with Gasteiger partial charge in [-0.05, 0) is 99.2 Å². The summed E-state index contributed by atoms with van der Waals surface area (Å²) in [6, 6.07) is 0. The summed E-state index contributed by atoms with van der Waals surface area (Å²) in [7, 11) is -4.37. The molecule has 1 N–H and O–H groups in total. The van der Waals surface area contributed by atoms with Crippen molar-refractivity contribution in [1.82, 2.24) is 0 Å². The van der Waals surface area contributed by atoms with Crippen LogP contribution in [-0.4, -0.2) is 24.9 Å². The number of carbonyl (C=O) groups is 1. The van der Waals surface area contributed by atoms with E-state index in [9.17, 15) is 13.2 Å². The lowest BCUT2D eigenvalue weighted by atomic mass is 9.44. The fourth-order valence-electron chi connectivity index (χ4n) is 8.15. The minimum atomic E-state index is -4.37. The molecule has 6 heteroatoms. The van der Waals surface area contributed by atoms with E-state index in [1.54, 1.807) is 6.92 Å². The van der Waals surface area contributed by atoms with Crippen molar-refractivity contribution >= 4 is 16.2 Å². The van der Waals surface area contributed by atoms with Gasteiger partial charge in [-0.1, -0.05) is 13.8 Å². The predicted octanol–water partition coefficient (Wildman–Crippen LogP) is 4.42. The summed E-state index contributed by atoms with van der Waals surface area (Å²) < 4.78 is 36.2. The van der Waals surface area contributed by atoms with Crippen molar-refractivity contribution in [3.63, 3.8) is 0 Å². The molecule has 4 rings (SSSR count). The van der Waals surface area contributed by atoms with Crippen molar-refractivity contribution in [3.8, 4) is 0 Å². The van der Waals surface area contributed by atoms with E-state index >= 15 is 0 Å². The Labute approximate surface area is 163 Å². The van der Waals surface area contributed by atoms with Gasteiger partial charge in [-0.2, -0.15) is 8.42 Å². The number of rotatable bonds is 3. The van der Waals surface area contributed by atoms with Crippen LogP contribution in [0, 0.1) is 40.4 Å². The predicted molar refractivity (Wildman–Crippen MR) is 102 cm³/mol. The van der Waals surface area contributed by atoms with E-state index in [0.717, 1.165) is 32.1 Å². The summed E-state index contributed by atoms with van der Waals surface area (Å²) in [4.78, 5) is 12.2. The molecule has 0 aromatic rings. The molecule has 8 atom stereocenters. The molecular formula is C21H34O5S. The van der Waals surface area contributed by atoms with Crippen LogP contribution in [0.4, 0.5) is 0 Å². The second-order valence-corrected chi connectivity index (χ2v) is 11.4. The van der Waals surface area contributed by atoms with Crippen LogP contribution >= 0.6 is 0 Å². The van der Waals surface area contributed by atoms with Crippen molar-refractivity contribution in [2.75, 3.05) is 0 Å². The van der Waals surface area contributed by atoms with E-state index in [2.05, 4.69) is 13.8 Å². The summed E-state index contributed by atoms with van der Waals surface area (Å²) in [5.74, 6) is 3.12. The molecule has 0 amide bonds. The molecule has 4 aliphatic rings. The molecule has 4 aliphatic carbocycles. The summed E-state index contributed by atoms with van der Waals surface area (Å²) in [5.41, 5.74) is 0.416. The third-order valence-corrected chi connectivity index (χ3v) is 9.88. The molecule has 0 aromatic carbocycles. The molecule has 0 bridgehead atoms. The zero-order chi connectivity index (χ0) is 19.6. The Bertz CT molecular complexity index is 718. The molecule has 0 aromatic heterocycles. The smallest absolute Gasteiger partial charge is 0.300 e. The van der Waals surface area contributed by atoms with Gasteiger partial charge < -0.3 is 0 Å². The Morgan fingerprint density at radius 3 is 2.30 bits per heavy atom. The number of Topliss-reactive ketones (excluding diaryl/α,β-unsaturated/α-hetero) is 1. The number of hydrogen-bond donors (Lipinski definition) is 1. The Balaban J connectivity index is 1.53. The van der Waals surface area contributed by atoms with Crippen molar-refractivity contribution in [3.05, 3.63) is 0 Å². The maximum absolute atomic E-state index is 12.2. The molecule has 0 spiro atoms. The minimum Gasteiger partial charge on any atom is -0.300 e. The molecule has 0 unspecified atom stereocenters. The average Bonchev–Trinajstić information content (AvgIpc) is 2.91. The van der Waals surface area contributed by atoms with Crippen molar-refractivity contribution in [2.45, 2.75) is 84.7 Å². The van der Waals surface area contributed by atoms with Gasteiger partial charge in [-0.15, -0.1) is 0 Å². The maximum Gasteiger partial charge on any atom is 0.397 e. The molecule has 154 valence electrons. The van der Waals surface area contributed by atoms with Gasteiger partial charge in [0.1, 0.15) is 5.78 Å². The van der Waals surface area contributed by atoms with Gasteiger partial charge in [0.2, 0.25) is 0 Å². The highest BCUT2D eigenvalue weighted by Gasteiger charge is 2.60. The third kappa shape index (κ3) is 3.20. The Morgan fingerprint density at radius 1 is 0.963 bits per heavy atom. The van der Waals surface area contributed by atoms with Crippen LogP contribution < -0.4 is 0 Å². The second-order valence-electron chi connectivity index (χ2n) is 10.4. The van der Waals surface area contributed by atoms with Gasteiger partial charge in [-0.25, -0.2) is 4.18 Å². The second kappa shape index (κ2) is 6.53. The molecule has 0 saturated heterocycles. The summed E-state index contributed by atoms with van der Waals surface area (Å²) in [6.07, 6.45) is 8.92. The summed E-state index contributed by atoms with van der Waals surface area (Å²) >= 11 is 0. The lowest BCUT2D eigenvalue weighted by Gasteiger charge is -2.61. The normalized spacial score (nSPS) is 49.8. The summed E-state index contributed by atoms with van der Waals surface area (Å²) in [5, 5.41) is 0. The molecule has 0 aliphatic heterocycles. The number of hydrogen-bond acceptors (Lipinski definition) is 4. The fourth-order valence-corrected chi connectivity index (χ4v) is 8.66. The number of fused-ring (bicyclic) bond motifs is 5. The standard InChI is InChI=1S/C21H34O5S/c1-13(22)17-6-7-18-16-5-4-14-12-15(26-27(23,24)25)8-10-20(14,2)19(16)9-11-21(17,18)3/h14-19H,4-12H2,1-3H3,(H,23,24,25)/t14-,15-,16-,17-,18-,19-,20+,21-/m0/s1. The Morgan fingerprint density at radius 2 is 1.63 bits per heavy atom. The lowest BCUT2D eigenvalue weighted by Crippen LogP contribution is -2.54. The summed E-state index contributed by atoms with van der Waals surface area (Å²) in [6.45, 7) is 6.57. The lowest BCUT2D eigenvalue weighted by molar-refractivity contribution is -0.137. The van der Waals surface area contributed by atoms with Crippen LogP contribution in [0.5, 0.6) is 0 Å². The van der Waals surface area contributed by atoms with E-state index in [4.69, 9.17) is 8.74 Å². The van der Waals surface area contributed by atoms with E-state index in [0.29, 0.717) is 35.9 Å². The first-order chi connectivity index (χ1) is 12.5. The molecule has 27 heavy (non-hydrogen) atoms. The zero-order valence-corrected chi connectivity index (χ0v) is 17.6. The SMILES string of the molecule is CC(=O)[C@@H]1CC[C@H]2[C@@H]3CC[C@H]4C[C@@H](OS(=O)(=O)O)CC[C@@]4(C)[C@H]3CC[C@@]12C. The van der Waals surface area contributed by atoms with Crippen LogP contribution in [0.25, 0.3) is 0 Å². The van der Waals surface area contributed by atoms with Crippen LogP contribution in [-0.2, 0) is 19.4 Å². The van der Waals surface area contributed by atoms with E-state index < -0.39 is 10.4 Å². The highest BCUT2D eigenvalue weighted by molar-refractivity contribution is 7.80. The van der Waals surface area contributed by atoms with Gasteiger partial charge in [0.15, 0.2) is 0 Å². The van der Waals surface area contributed by atoms with E-state index in [1.165, 1.54) is 19.3 Å². The van der Waals surface area contributed by atoms with Gasteiger partial charge in [0, 0.05) is 5.92 Å². The first kappa shape index (κ1) is 19.8. The number of ketones is 1. The molecule has 5 nitrogen and oxygen atoms in total. The molecule has 4 saturated carbocycles. The molecule has 4 fully saturated rings. The largest absolute Gasteiger partial charge is 0.397 e. The first-order valence-corrected chi connectivity index (χ1v) is 12.1. The fraction of sp³-hybridized carbons (Fsp3) is 0.952. The maximum atomic E-state index is 12.2. The monoisotopic (exact) mass is 398 g/mol. The zero-order valence-electron chi connectivity index (χ0n) is 16.8. The quantitative estimate of drug-likeness (QED) is 0.712. The molecular weight excluding hydrogens is 364 g/mol. The van der Waals surface area contributed by atoms with E-state index in [1.807, 2.05) is 0 Å². The minimum absolute atomic E-state index is 0.182. The van der Waals surface area contributed by atoms with Gasteiger partial charge in [0.25, 0.3) is 0 Å². The molecule has 0 heterocycles. The van der Waals surface area contributed by atoms with Gasteiger partial charge >= 0.3 is 10.4 Å². The highest BCUT2D eigenvalue weighted by Crippen LogP contribution is 2.67. The Hall–Kier alpha value is -0.460. The van der Waals surface area contributed by atoms with Crippen LogP contribution in [0.2, 0.25) is 0 Å². The van der Waals surface area contributed by atoms with Crippen molar-refractivity contribution < 1.29 is 21.9 Å². The first-order valence-electron chi connectivity index (χ1n) is 10.7. The van der Waals surface area contributed by atoms with Crippen LogP contribution in [0.1, 0.15) is 78.6 Å². The highest BCUT2D eigenvalue weighted by atomic mass is 32.3. The molecule has 0 radical (unpaired) electrons. The number of carbonyl (C=O) groups excluding carboxylic acids is 1. The average molecular weight is 399 g/mol. The third-order valence-electron chi connectivity index (χ3n) is 9.37. The topological polar surface area (TPSA) is 80.7 Å². The van der Waals surface area contributed by atoms with Gasteiger partial charge in [-0.3, -0.25) is 9.35 Å².